The minimum absolute atomic E-state index is 0.223. The Balaban J connectivity index is 2.01. The molecule has 0 spiro atoms. The highest BCUT2D eigenvalue weighted by Crippen LogP contribution is 2.35. The minimum Gasteiger partial charge on any atom is -0.340 e. The molecule has 2 aromatic carbocycles. The van der Waals surface area contributed by atoms with E-state index in [-0.39, 0.29) is 12.1 Å². The molecule has 1 N–H and O–H groups in total. The number of anilines is 2. The number of benzene rings is 2. The predicted molar refractivity (Wildman–Crippen MR) is 98.6 cm³/mol. The van der Waals surface area contributed by atoms with Gasteiger partial charge < -0.3 is 10.2 Å². The van der Waals surface area contributed by atoms with Gasteiger partial charge in [0.25, 0.3) is 0 Å². The number of nitrogens with zero attached hydrogens (tertiary/aromatic N) is 2. The first-order chi connectivity index (χ1) is 12.2. The van der Waals surface area contributed by atoms with Crippen LogP contribution in [0.15, 0.2) is 48.7 Å². The Morgan fingerprint density at radius 3 is 2.50 bits per heavy atom. The van der Waals surface area contributed by atoms with Gasteiger partial charge in [-0.25, -0.2) is 4.98 Å². The van der Waals surface area contributed by atoms with Crippen molar-refractivity contribution in [1.29, 1.82) is 0 Å². The zero-order valence-electron chi connectivity index (χ0n) is 14.9. The topological polar surface area (TPSA) is 28.2 Å². The molecule has 136 valence electrons. The number of aryl methyl sites for hydroxylation is 1. The summed E-state index contributed by atoms with van der Waals surface area (Å²) < 4.78 is 40.4. The summed E-state index contributed by atoms with van der Waals surface area (Å²) in [5.41, 5.74) is 1.09. The molecule has 0 aliphatic carbocycles. The Labute approximate surface area is 150 Å². The minimum atomic E-state index is -4.41. The summed E-state index contributed by atoms with van der Waals surface area (Å²) in [7, 11) is 3.49. The molecule has 0 unspecified atom stereocenters. The van der Waals surface area contributed by atoms with Crippen LogP contribution in [0.1, 0.15) is 16.7 Å². The van der Waals surface area contributed by atoms with Gasteiger partial charge in [0.2, 0.25) is 0 Å². The predicted octanol–water partition coefficient (Wildman–Crippen LogP) is 5.37. The molecule has 3 aromatic rings. The van der Waals surface area contributed by atoms with Gasteiger partial charge in [0.15, 0.2) is 0 Å². The number of hydrogen-bond donors (Lipinski definition) is 1. The molecule has 0 atom stereocenters. The fourth-order valence-electron chi connectivity index (χ4n) is 2.93. The van der Waals surface area contributed by atoms with E-state index in [1.807, 2.05) is 31.2 Å². The maximum atomic E-state index is 13.5. The van der Waals surface area contributed by atoms with Crippen LogP contribution in [0.2, 0.25) is 0 Å². The van der Waals surface area contributed by atoms with Gasteiger partial charge in [-0.15, -0.1) is 0 Å². The van der Waals surface area contributed by atoms with Crippen LogP contribution in [0.3, 0.4) is 0 Å². The Hall–Kier alpha value is -2.60. The molecule has 26 heavy (non-hydrogen) atoms. The van der Waals surface area contributed by atoms with E-state index in [1.165, 1.54) is 6.07 Å². The number of rotatable bonds is 4. The molecule has 0 amide bonds. The van der Waals surface area contributed by atoms with Gasteiger partial charge in [0.1, 0.15) is 5.82 Å². The smallest absolute Gasteiger partial charge is 0.340 e. The highest BCUT2D eigenvalue weighted by atomic mass is 19.4. The fourth-order valence-corrected chi connectivity index (χ4v) is 2.93. The van der Waals surface area contributed by atoms with Gasteiger partial charge in [-0.1, -0.05) is 29.8 Å². The van der Waals surface area contributed by atoms with Crippen molar-refractivity contribution in [2.45, 2.75) is 19.6 Å². The molecule has 3 nitrogen and oxygen atoms in total. The molecule has 1 heterocycles. The quantitative estimate of drug-likeness (QED) is 0.679. The lowest BCUT2D eigenvalue weighted by Crippen LogP contribution is -2.16. The highest BCUT2D eigenvalue weighted by molar-refractivity contribution is 5.93. The Kier molecular flexibility index (Phi) is 4.87. The third kappa shape index (κ3) is 3.96. The number of fused-ring (bicyclic) bond motifs is 1. The average Bonchev–Trinajstić information content (AvgIpc) is 2.54. The van der Waals surface area contributed by atoms with E-state index < -0.39 is 11.7 Å². The normalized spacial score (nSPS) is 12.0. The van der Waals surface area contributed by atoms with Crippen molar-refractivity contribution in [2.24, 2.45) is 0 Å². The number of aromatic nitrogens is 1. The molecule has 6 heteroatoms. The van der Waals surface area contributed by atoms with Crippen molar-refractivity contribution in [2.75, 3.05) is 19.4 Å². The van der Waals surface area contributed by atoms with E-state index in [1.54, 1.807) is 31.3 Å². The highest BCUT2D eigenvalue weighted by Gasteiger charge is 2.33. The summed E-state index contributed by atoms with van der Waals surface area (Å²) in [4.78, 5) is 6.01. The lowest BCUT2D eigenvalue weighted by Gasteiger charge is -2.18. The zero-order chi connectivity index (χ0) is 18.9. The first-order valence-electron chi connectivity index (χ1n) is 8.21. The SMILES string of the molecule is Cc1ccc2c(Nc3ccc(CN(C)C)c(C(F)(F)F)c3)nccc2c1. The molecule has 0 aliphatic heterocycles. The number of halogens is 3. The third-order valence-corrected chi connectivity index (χ3v) is 4.08. The van der Waals surface area contributed by atoms with Crippen LogP contribution in [-0.2, 0) is 12.7 Å². The van der Waals surface area contributed by atoms with E-state index in [0.29, 0.717) is 11.5 Å². The van der Waals surface area contributed by atoms with E-state index >= 15 is 0 Å². The second-order valence-electron chi connectivity index (χ2n) is 6.62. The standard InChI is InChI=1S/C20H20F3N3/c1-13-4-7-17-14(10-13)8-9-24-19(17)25-16-6-5-15(12-26(2)3)18(11-16)20(21,22)23/h4-11H,12H2,1-3H3,(H,24,25). The number of pyridine rings is 1. The molecule has 0 radical (unpaired) electrons. The summed E-state index contributed by atoms with van der Waals surface area (Å²) >= 11 is 0. The summed E-state index contributed by atoms with van der Waals surface area (Å²) in [5.74, 6) is 0.538. The van der Waals surface area contributed by atoms with Crippen LogP contribution >= 0.6 is 0 Å². The van der Waals surface area contributed by atoms with Crippen molar-refractivity contribution >= 4 is 22.3 Å². The first kappa shape index (κ1) is 18.2. The van der Waals surface area contributed by atoms with Crippen molar-refractivity contribution in [3.05, 3.63) is 65.4 Å². The maximum Gasteiger partial charge on any atom is 0.416 e. The lowest BCUT2D eigenvalue weighted by molar-refractivity contribution is -0.138. The third-order valence-electron chi connectivity index (χ3n) is 4.08. The average molecular weight is 359 g/mol. The van der Waals surface area contributed by atoms with Crippen LogP contribution in [0.4, 0.5) is 24.7 Å². The fraction of sp³-hybridized carbons (Fsp3) is 0.250. The summed E-state index contributed by atoms with van der Waals surface area (Å²) in [5, 5.41) is 4.89. The number of nitrogens with one attached hydrogen (secondary N) is 1. The van der Waals surface area contributed by atoms with Crippen molar-refractivity contribution < 1.29 is 13.2 Å². The molecular formula is C20H20F3N3. The Morgan fingerprint density at radius 2 is 1.81 bits per heavy atom. The van der Waals surface area contributed by atoms with Gasteiger partial charge in [-0.3, -0.25) is 0 Å². The van der Waals surface area contributed by atoms with Gasteiger partial charge in [-0.05, 0) is 50.2 Å². The van der Waals surface area contributed by atoms with Crippen LogP contribution in [0.25, 0.3) is 10.8 Å². The zero-order valence-corrected chi connectivity index (χ0v) is 14.9. The Bertz CT molecular complexity index is 933. The Morgan fingerprint density at radius 1 is 1.04 bits per heavy atom. The number of hydrogen-bond acceptors (Lipinski definition) is 3. The summed E-state index contributed by atoms with van der Waals surface area (Å²) in [6.07, 6.45) is -2.76. The van der Waals surface area contributed by atoms with Gasteiger partial charge in [0.05, 0.1) is 5.56 Å². The van der Waals surface area contributed by atoms with E-state index in [2.05, 4.69) is 10.3 Å². The monoisotopic (exact) mass is 359 g/mol. The summed E-state index contributed by atoms with van der Waals surface area (Å²) in [6.45, 7) is 2.22. The lowest BCUT2D eigenvalue weighted by atomic mass is 10.0. The van der Waals surface area contributed by atoms with Crippen molar-refractivity contribution in [3.8, 4) is 0 Å². The molecule has 0 fully saturated rings. The maximum absolute atomic E-state index is 13.5. The summed E-state index contributed by atoms with van der Waals surface area (Å²) in [6, 6.07) is 12.1. The molecule has 0 saturated heterocycles. The van der Waals surface area contributed by atoms with E-state index in [0.717, 1.165) is 22.4 Å². The molecule has 1 aromatic heterocycles. The molecule has 3 rings (SSSR count). The van der Waals surface area contributed by atoms with Gasteiger partial charge >= 0.3 is 6.18 Å². The van der Waals surface area contributed by atoms with Crippen LogP contribution < -0.4 is 5.32 Å². The molecular weight excluding hydrogens is 339 g/mol. The molecule has 0 saturated carbocycles. The largest absolute Gasteiger partial charge is 0.416 e. The molecule has 0 bridgehead atoms. The van der Waals surface area contributed by atoms with Crippen molar-refractivity contribution in [1.82, 2.24) is 9.88 Å². The van der Waals surface area contributed by atoms with Crippen molar-refractivity contribution in [3.63, 3.8) is 0 Å². The van der Waals surface area contributed by atoms with Gasteiger partial charge in [0, 0.05) is 23.8 Å². The first-order valence-corrected chi connectivity index (χ1v) is 8.21. The second kappa shape index (κ2) is 6.96. The van der Waals surface area contributed by atoms with Crippen LogP contribution in [0, 0.1) is 6.92 Å². The molecule has 0 aliphatic rings. The van der Waals surface area contributed by atoms with E-state index in [4.69, 9.17) is 0 Å². The van der Waals surface area contributed by atoms with E-state index in [9.17, 15) is 13.2 Å². The van der Waals surface area contributed by atoms with Crippen LogP contribution in [0.5, 0.6) is 0 Å². The van der Waals surface area contributed by atoms with Gasteiger partial charge in [-0.2, -0.15) is 13.2 Å². The number of alkyl halides is 3. The van der Waals surface area contributed by atoms with Crippen LogP contribution in [-0.4, -0.2) is 24.0 Å². The second-order valence-corrected chi connectivity index (χ2v) is 6.62.